The molecule has 0 bridgehead atoms. The van der Waals surface area contributed by atoms with Crippen molar-refractivity contribution >= 4 is 35.4 Å². The lowest BCUT2D eigenvalue weighted by Gasteiger charge is -2.46. The minimum atomic E-state index is -2.61. The summed E-state index contributed by atoms with van der Waals surface area (Å²) in [5.74, 6) is -13.6. The predicted octanol–water partition coefficient (Wildman–Crippen LogP) is -3.40. The molecule has 27 nitrogen and oxygen atoms in total. The van der Waals surface area contributed by atoms with E-state index < -0.39 is 219 Å². The first-order chi connectivity index (χ1) is 38.4. The Labute approximate surface area is 461 Å². The maximum atomic E-state index is 14.1. The van der Waals surface area contributed by atoms with Crippen LogP contribution in [0.15, 0.2) is 60.7 Å². The summed E-state index contributed by atoms with van der Waals surface area (Å²) in [7, 11) is 0. The van der Waals surface area contributed by atoms with Gasteiger partial charge in [-0.2, -0.15) is 0 Å². The molecular formula is C54H66O27. The van der Waals surface area contributed by atoms with Crippen molar-refractivity contribution in [3.05, 3.63) is 71.8 Å². The Balaban J connectivity index is 0.774. The van der Waals surface area contributed by atoms with Crippen molar-refractivity contribution in [3.63, 3.8) is 0 Å². The van der Waals surface area contributed by atoms with Crippen LogP contribution in [0, 0.1) is 23.7 Å². The van der Waals surface area contributed by atoms with E-state index in [2.05, 4.69) is 0 Å². The number of Topliss-reactive ketones (excluding diaryl/α,β-unsaturated/α-hetero) is 2. The SMILES string of the molecule is C[C@@H]1CO[C@@]2(C[C@@H]1OC(=O)c1ccccc1)O[C@@H]1C[C@@H](C(=O)O[C@@H]3O[C@H](CO)[C@@H](O)[C@H](O)[C@H]3O[C@@H]3O[C@H](COC(=O)[C@@H]4C[C@@H](O)[C@@]5(O)C(=O)[C@@]6(C[C@@H](OC(=O)c7ccccc7)[C@@H](C)CO6)O[C@H]5C4)[C@@H](O)[C@H](O)[C@H]3O)C[C@H](O)[C@]1(O)C2=O. The predicted molar refractivity (Wildman–Crippen MR) is 260 cm³/mol. The van der Waals surface area contributed by atoms with Gasteiger partial charge < -0.3 is 103 Å². The average molecular weight is 1150 g/mol. The highest BCUT2D eigenvalue weighted by atomic mass is 16.8. The number of carbonyl (C=O) groups excluding carboxylic acids is 6. The molecule has 2 saturated carbocycles. The Hall–Kier alpha value is -5.02. The van der Waals surface area contributed by atoms with Gasteiger partial charge in [-0.15, -0.1) is 0 Å². The van der Waals surface area contributed by atoms with E-state index in [-0.39, 0.29) is 37.2 Å². The first-order valence-electron chi connectivity index (χ1n) is 26.9. The van der Waals surface area contributed by atoms with Crippen molar-refractivity contribution in [2.75, 3.05) is 26.4 Å². The molecular weight excluding hydrogens is 1080 g/mol. The fraction of sp³-hybridized carbons (Fsp3) is 0.667. The Kier molecular flexibility index (Phi) is 16.7. The van der Waals surface area contributed by atoms with E-state index in [1.54, 1.807) is 62.4 Å². The molecule has 6 heterocycles. The molecule has 10 rings (SSSR count). The topological polar surface area (TPSA) is 406 Å². The maximum absolute atomic E-state index is 14.1. The van der Waals surface area contributed by atoms with Crippen molar-refractivity contribution in [3.8, 4) is 0 Å². The Morgan fingerprint density at radius 2 is 1.02 bits per heavy atom. The molecule has 27 heteroatoms. The lowest BCUT2D eigenvalue weighted by atomic mass is 9.72. The number of hydrogen-bond acceptors (Lipinski definition) is 27. The van der Waals surface area contributed by atoms with Gasteiger partial charge in [0.1, 0.15) is 73.8 Å². The molecule has 0 radical (unpaired) electrons. The number of ketones is 2. The molecule has 10 N–H and O–H groups in total. The smallest absolute Gasteiger partial charge is 0.338 e. The van der Waals surface area contributed by atoms with Crippen molar-refractivity contribution in [1.29, 1.82) is 0 Å². The molecule has 2 aromatic carbocycles. The van der Waals surface area contributed by atoms with Crippen molar-refractivity contribution in [1.82, 2.24) is 0 Å². The summed E-state index contributed by atoms with van der Waals surface area (Å²) in [4.78, 5) is 81.8. The summed E-state index contributed by atoms with van der Waals surface area (Å²) in [6.45, 7) is 1.29. The molecule has 8 aliphatic rings. The fourth-order valence-corrected chi connectivity index (χ4v) is 12.1. The second kappa shape index (κ2) is 22.9. The average Bonchev–Trinajstić information content (AvgIpc) is 2.66. The number of fused-ring (bicyclic) bond motifs is 2. The molecule has 0 unspecified atom stereocenters. The molecule has 0 aromatic heterocycles. The summed E-state index contributed by atoms with van der Waals surface area (Å²) in [6.07, 6.45) is -31.6. The summed E-state index contributed by atoms with van der Waals surface area (Å²) >= 11 is 0. The highest BCUT2D eigenvalue weighted by Crippen LogP contribution is 2.52. The van der Waals surface area contributed by atoms with Gasteiger partial charge in [-0.3, -0.25) is 19.2 Å². The van der Waals surface area contributed by atoms with Gasteiger partial charge in [0, 0.05) is 24.7 Å². The molecule has 8 fully saturated rings. The Morgan fingerprint density at radius 1 is 0.568 bits per heavy atom. The summed E-state index contributed by atoms with van der Waals surface area (Å²) in [6, 6.07) is 16.1. The van der Waals surface area contributed by atoms with E-state index in [0.717, 1.165) is 0 Å². The lowest BCUT2D eigenvalue weighted by Crippen LogP contribution is -2.65. The lowest BCUT2D eigenvalue weighted by molar-refractivity contribution is -0.363. The Morgan fingerprint density at radius 3 is 1.51 bits per heavy atom. The quantitative estimate of drug-likeness (QED) is 0.0731. The molecule has 24 atom stereocenters. The van der Waals surface area contributed by atoms with Crippen LogP contribution >= 0.6 is 0 Å². The van der Waals surface area contributed by atoms with Gasteiger partial charge >= 0.3 is 23.9 Å². The van der Waals surface area contributed by atoms with Gasteiger partial charge in [0.05, 0.1) is 55.0 Å². The number of aliphatic hydroxyl groups excluding tert-OH is 8. The van der Waals surface area contributed by atoms with Crippen LogP contribution in [0.25, 0.3) is 0 Å². The number of aliphatic hydroxyl groups is 10. The van der Waals surface area contributed by atoms with Crippen LogP contribution in [0.1, 0.15) is 73.1 Å². The minimum absolute atomic E-state index is 0.144. The van der Waals surface area contributed by atoms with Crippen LogP contribution in [0.2, 0.25) is 0 Å². The summed E-state index contributed by atoms with van der Waals surface area (Å²) in [5, 5.41) is 112. The van der Waals surface area contributed by atoms with Crippen LogP contribution in [0.4, 0.5) is 0 Å². The number of hydrogen-bond donors (Lipinski definition) is 10. The van der Waals surface area contributed by atoms with Gasteiger partial charge in [0.2, 0.25) is 29.4 Å². The zero-order chi connectivity index (χ0) is 58.1. The van der Waals surface area contributed by atoms with E-state index in [1.165, 1.54) is 12.1 Å². The molecule has 81 heavy (non-hydrogen) atoms. The molecule has 2 aromatic rings. The van der Waals surface area contributed by atoms with Crippen molar-refractivity contribution in [2.45, 2.75) is 173 Å². The number of ether oxygens (including phenoxy) is 11. The van der Waals surface area contributed by atoms with E-state index in [0.29, 0.717) is 0 Å². The second-order valence-electron chi connectivity index (χ2n) is 22.4. The van der Waals surface area contributed by atoms with Gasteiger partial charge in [-0.1, -0.05) is 50.2 Å². The molecule has 2 spiro atoms. The first-order valence-corrected chi connectivity index (χ1v) is 26.9. The van der Waals surface area contributed by atoms with E-state index in [9.17, 15) is 79.8 Å². The molecule has 2 aliphatic carbocycles. The monoisotopic (exact) mass is 1150 g/mol. The third kappa shape index (κ3) is 10.6. The fourth-order valence-electron chi connectivity index (χ4n) is 12.1. The summed E-state index contributed by atoms with van der Waals surface area (Å²) < 4.78 is 63.6. The highest BCUT2D eigenvalue weighted by Gasteiger charge is 2.73. The Bertz CT molecular complexity index is 2660. The molecule has 6 aliphatic heterocycles. The van der Waals surface area contributed by atoms with Crippen molar-refractivity contribution < 1.29 is 132 Å². The second-order valence-corrected chi connectivity index (χ2v) is 22.4. The van der Waals surface area contributed by atoms with E-state index in [4.69, 9.17) is 52.1 Å². The van der Waals surface area contributed by atoms with Gasteiger partial charge in [0.25, 0.3) is 0 Å². The van der Waals surface area contributed by atoms with Crippen LogP contribution in [-0.2, 0) is 71.3 Å². The minimum Gasteiger partial charge on any atom is -0.463 e. The van der Waals surface area contributed by atoms with Gasteiger partial charge in [0.15, 0.2) is 23.6 Å². The van der Waals surface area contributed by atoms with Gasteiger partial charge in [-0.25, -0.2) is 9.59 Å². The third-order valence-electron chi connectivity index (χ3n) is 17.1. The number of carbonyl (C=O) groups is 6. The van der Waals surface area contributed by atoms with E-state index >= 15 is 0 Å². The van der Waals surface area contributed by atoms with Crippen LogP contribution in [-0.4, -0.2) is 234 Å². The number of benzene rings is 2. The zero-order valence-corrected chi connectivity index (χ0v) is 43.8. The highest BCUT2D eigenvalue weighted by molar-refractivity contribution is 5.98. The van der Waals surface area contributed by atoms with Crippen LogP contribution in [0.5, 0.6) is 0 Å². The van der Waals surface area contributed by atoms with E-state index in [1.807, 2.05) is 0 Å². The third-order valence-corrected chi connectivity index (χ3v) is 17.1. The zero-order valence-electron chi connectivity index (χ0n) is 43.8. The maximum Gasteiger partial charge on any atom is 0.338 e. The molecule has 444 valence electrons. The molecule has 0 amide bonds. The standard InChI is InChI=1S/C54H66O27/c1-23-20-72-51(17-29(23)74-44(64)25-9-5-3-6-10-25)49(67)53(69)33(56)13-27(15-35(53)80-51)43(63)71-22-32-38(59)39(60)41(62)47(77-32)78-42-40(61)37(58)31(19-55)76-48(42)79-46(66)28-14-34(57)54(70)36(16-28)81-52(50(54)68)18-30(24(2)21-73-52)75-45(65)26-11-7-4-8-12-26/h3-12,23-24,27-42,47-48,55-62,69-70H,13-22H2,1-2H3/t23-,24+,27+,28-,29+,30-,31+,32+,33+,34-,35-,36+,37+,38+,39-,40-,41+,42+,47-,48-,51+,52-,53-,54+/m0/s1. The van der Waals surface area contributed by atoms with Crippen molar-refractivity contribution in [2.24, 2.45) is 23.7 Å². The summed E-state index contributed by atoms with van der Waals surface area (Å²) in [5.41, 5.74) is -4.69. The van der Waals surface area contributed by atoms with Gasteiger partial charge in [-0.05, 0) is 49.9 Å². The normalized spacial score (nSPS) is 44.9. The van der Waals surface area contributed by atoms with Crippen LogP contribution in [0.3, 0.4) is 0 Å². The molecule has 6 saturated heterocycles. The number of esters is 4. The van der Waals surface area contributed by atoms with Crippen LogP contribution < -0.4 is 0 Å². The number of rotatable bonds is 12. The first kappa shape index (κ1) is 59.2. The largest absolute Gasteiger partial charge is 0.463 e.